The summed E-state index contributed by atoms with van der Waals surface area (Å²) in [6.07, 6.45) is 7.60. The summed E-state index contributed by atoms with van der Waals surface area (Å²) in [5.74, 6) is 1.28. The quantitative estimate of drug-likeness (QED) is 0.454. The molecule has 6 heteroatoms. The highest BCUT2D eigenvalue weighted by molar-refractivity contribution is 7.98. The number of nitrogens with one attached hydrogen (secondary N) is 3. The number of rotatable bonds is 13. The molecule has 0 fully saturated rings. The van der Waals surface area contributed by atoms with Crippen LogP contribution in [0.2, 0.25) is 0 Å². The summed E-state index contributed by atoms with van der Waals surface area (Å²) in [6.45, 7) is 7.56. The second-order valence-electron chi connectivity index (χ2n) is 5.94. The lowest BCUT2D eigenvalue weighted by Gasteiger charge is -2.24. The summed E-state index contributed by atoms with van der Waals surface area (Å²) in [5, 5.41) is 8.79. The minimum absolute atomic E-state index is 0.0299. The Bertz CT molecular complexity index is 323. The van der Waals surface area contributed by atoms with Gasteiger partial charge >= 0.3 is 6.03 Å². The van der Waals surface area contributed by atoms with Crippen molar-refractivity contribution in [3.8, 4) is 0 Å². The van der Waals surface area contributed by atoms with E-state index in [4.69, 9.17) is 0 Å². The first-order valence-electron chi connectivity index (χ1n) is 8.23. The van der Waals surface area contributed by atoms with Crippen LogP contribution in [0.5, 0.6) is 0 Å². The number of thioether (sulfide) groups is 1. The standard InChI is InChI=1S/C16H33N3O2S/c1-5-14(20)16(2,3)19-15(21)18-12-11-17-10-8-6-7-9-13-22-4/h17H,5-13H2,1-4H3,(H2,18,19,21). The molecule has 0 aliphatic heterocycles. The molecule has 22 heavy (non-hydrogen) atoms. The van der Waals surface area contributed by atoms with Gasteiger partial charge in [0, 0.05) is 19.5 Å². The molecular formula is C16H33N3O2S. The molecule has 0 unspecified atom stereocenters. The maximum Gasteiger partial charge on any atom is 0.315 e. The van der Waals surface area contributed by atoms with E-state index in [0.717, 1.165) is 13.1 Å². The van der Waals surface area contributed by atoms with E-state index in [1.807, 2.05) is 11.8 Å². The maximum absolute atomic E-state index is 11.7. The molecule has 2 amide bonds. The van der Waals surface area contributed by atoms with Crippen molar-refractivity contribution in [1.29, 1.82) is 0 Å². The average molecular weight is 332 g/mol. The van der Waals surface area contributed by atoms with Crippen LogP contribution in [0.4, 0.5) is 4.79 Å². The number of unbranched alkanes of at least 4 members (excludes halogenated alkanes) is 3. The first-order chi connectivity index (χ1) is 10.4. The van der Waals surface area contributed by atoms with Gasteiger partial charge in [0.15, 0.2) is 5.78 Å². The first-order valence-corrected chi connectivity index (χ1v) is 9.62. The predicted octanol–water partition coefficient (Wildman–Crippen LogP) is 2.56. The fourth-order valence-corrected chi connectivity index (χ4v) is 2.57. The summed E-state index contributed by atoms with van der Waals surface area (Å²) in [7, 11) is 0. The minimum Gasteiger partial charge on any atom is -0.337 e. The van der Waals surface area contributed by atoms with Gasteiger partial charge in [-0.2, -0.15) is 11.8 Å². The van der Waals surface area contributed by atoms with Crippen molar-refractivity contribution >= 4 is 23.6 Å². The molecule has 0 aromatic heterocycles. The summed E-state index contributed by atoms with van der Waals surface area (Å²) < 4.78 is 0. The summed E-state index contributed by atoms with van der Waals surface area (Å²) in [6, 6.07) is -0.286. The highest BCUT2D eigenvalue weighted by Crippen LogP contribution is 2.06. The van der Waals surface area contributed by atoms with Gasteiger partial charge in [0.1, 0.15) is 0 Å². The van der Waals surface area contributed by atoms with E-state index in [0.29, 0.717) is 13.0 Å². The second-order valence-corrected chi connectivity index (χ2v) is 6.93. The van der Waals surface area contributed by atoms with Gasteiger partial charge in [-0.25, -0.2) is 4.79 Å². The fourth-order valence-electron chi connectivity index (χ4n) is 2.08. The van der Waals surface area contributed by atoms with E-state index in [-0.39, 0.29) is 11.8 Å². The van der Waals surface area contributed by atoms with E-state index in [1.165, 1.54) is 31.4 Å². The lowest BCUT2D eigenvalue weighted by molar-refractivity contribution is -0.123. The van der Waals surface area contributed by atoms with E-state index >= 15 is 0 Å². The molecule has 5 nitrogen and oxygen atoms in total. The molecule has 0 bridgehead atoms. The fraction of sp³-hybridized carbons (Fsp3) is 0.875. The largest absolute Gasteiger partial charge is 0.337 e. The Kier molecular flexibility index (Phi) is 12.3. The van der Waals surface area contributed by atoms with Crippen LogP contribution >= 0.6 is 11.8 Å². The van der Waals surface area contributed by atoms with Crippen LogP contribution in [-0.2, 0) is 4.79 Å². The van der Waals surface area contributed by atoms with E-state index in [1.54, 1.807) is 20.8 Å². The molecule has 0 spiro atoms. The van der Waals surface area contributed by atoms with Crippen molar-refractivity contribution in [1.82, 2.24) is 16.0 Å². The van der Waals surface area contributed by atoms with Crippen molar-refractivity contribution in [3.05, 3.63) is 0 Å². The Morgan fingerprint density at radius 1 is 1.00 bits per heavy atom. The predicted molar refractivity (Wildman–Crippen MR) is 95.6 cm³/mol. The molecule has 0 heterocycles. The zero-order valence-electron chi connectivity index (χ0n) is 14.6. The number of carbonyl (C=O) groups is 2. The third-order valence-electron chi connectivity index (χ3n) is 3.48. The Labute approximate surface area is 139 Å². The van der Waals surface area contributed by atoms with Gasteiger partial charge in [-0.3, -0.25) is 4.79 Å². The van der Waals surface area contributed by atoms with E-state index in [2.05, 4.69) is 22.2 Å². The molecule has 0 atom stereocenters. The lowest BCUT2D eigenvalue weighted by Crippen LogP contribution is -2.53. The van der Waals surface area contributed by atoms with Gasteiger partial charge in [-0.05, 0) is 45.2 Å². The number of ketones is 1. The topological polar surface area (TPSA) is 70.2 Å². The van der Waals surface area contributed by atoms with Crippen molar-refractivity contribution in [2.75, 3.05) is 31.6 Å². The third-order valence-corrected chi connectivity index (χ3v) is 4.18. The SMILES string of the molecule is CCC(=O)C(C)(C)NC(=O)NCCNCCCCCCSC. The van der Waals surface area contributed by atoms with Crippen LogP contribution in [0.1, 0.15) is 52.9 Å². The summed E-state index contributed by atoms with van der Waals surface area (Å²) in [4.78, 5) is 23.4. The molecule has 0 aliphatic rings. The van der Waals surface area contributed by atoms with Crippen molar-refractivity contribution in [3.63, 3.8) is 0 Å². The average Bonchev–Trinajstić information content (AvgIpc) is 2.47. The van der Waals surface area contributed by atoms with E-state index < -0.39 is 5.54 Å². The van der Waals surface area contributed by atoms with Gasteiger partial charge in [0.2, 0.25) is 0 Å². The lowest BCUT2D eigenvalue weighted by atomic mass is 9.97. The number of Topliss-reactive ketones (excluding diaryl/α,β-unsaturated/α-hetero) is 1. The van der Waals surface area contributed by atoms with Crippen LogP contribution in [0.3, 0.4) is 0 Å². The van der Waals surface area contributed by atoms with Crippen LogP contribution in [-0.4, -0.2) is 49.0 Å². The van der Waals surface area contributed by atoms with Crippen molar-refractivity contribution < 1.29 is 9.59 Å². The molecule has 130 valence electrons. The van der Waals surface area contributed by atoms with Gasteiger partial charge < -0.3 is 16.0 Å². The normalized spacial score (nSPS) is 11.3. The summed E-state index contributed by atoms with van der Waals surface area (Å²) >= 11 is 1.90. The third kappa shape index (κ3) is 10.9. The smallest absolute Gasteiger partial charge is 0.315 e. The highest BCUT2D eigenvalue weighted by atomic mass is 32.2. The molecule has 0 radical (unpaired) electrons. The first kappa shape index (κ1) is 21.2. The molecular weight excluding hydrogens is 298 g/mol. The Balaban J connectivity index is 3.52. The molecule has 0 aliphatic carbocycles. The van der Waals surface area contributed by atoms with Gasteiger partial charge in [-0.1, -0.05) is 19.8 Å². The number of hydrogen-bond donors (Lipinski definition) is 3. The second kappa shape index (κ2) is 12.8. The van der Waals surface area contributed by atoms with Crippen molar-refractivity contribution in [2.45, 2.75) is 58.4 Å². The van der Waals surface area contributed by atoms with Crippen molar-refractivity contribution in [2.24, 2.45) is 0 Å². The Morgan fingerprint density at radius 3 is 2.32 bits per heavy atom. The van der Waals surface area contributed by atoms with Crippen LogP contribution in [0.15, 0.2) is 0 Å². The molecule has 0 rings (SSSR count). The minimum atomic E-state index is -0.803. The molecule has 0 saturated carbocycles. The van der Waals surface area contributed by atoms with Crippen LogP contribution < -0.4 is 16.0 Å². The zero-order valence-corrected chi connectivity index (χ0v) is 15.4. The van der Waals surface area contributed by atoms with Crippen LogP contribution in [0, 0.1) is 0 Å². The molecule has 0 saturated heterocycles. The zero-order chi connectivity index (χ0) is 16.8. The van der Waals surface area contributed by atoms with E-state index in [9.17, 15) is 9.59 Å². The Morgan fingerprint density at radius 2 is 1.68 bits per heavy atom. The highest BCUT2D eigenvalue weighted by Gasteiger charge is 2.27. The molecule has 0 aromatic carbocycles. The number of hydrogen-bond acceptors (Lipinski definition) is 4. The van der Waals surface area contributed by atoms with Crippen LogP contribution in [0.25, 0.3) is 0 Å². The summed E-state index contributed by atoms with van der Waals surface area (Å²) in [5.41, 5.74) is -0.803. The Hall–Kier alpha value is -0.750. The molecule has 3 N–H and O–H groups in total. The molecule has 0 aromatic rings. The van der Waals surface area contributed by atoms with Gasteiger partial charge in [0.05, 0.1) is 5.54 Å². The van der Waals surface area contributed by atoms with Gasteiger partial charge in [-0.15, -0.1) is 0 Å². The number of carbonyl (C=O) groups excluding carboxylic acids is 2. The van der Waals surface area contributed by atoms with Gasteiger partial charge in [0.25, 0.3) is 0 Å². The maximum atomic E-state index is 11.7. The number of urea groups is 1. The monoisotopic (exact) mass is 331 g/mol. The number of amides is 2.